The van der Waals surface area contributed by atoms with E-state index in [1.165, 1.54) is 11.8 Å². The van der Waals surface area contributed by atoms with E-state index >= 15 is 0 Å². The van der Waals surface area contributed by atoms with Gasteiger partial charge in [0.15, 0.2) is 5.17 Å². The first kappa shape index (κ1) is 19.0. The molecule has 1 amide bonds. The van der Waals surface area contributed by atoms with E-state index in [4.69, 9.17) is 22.3 Å². The molecule has 4 rings (SSSR count). The molecule has 1 aliphatic heterocycles. The van der Waals surface area contributed by atoms with Crippen molar-refractivity contribution in [3.8, 4) is 0 Å². The number of amidine groups is 1. The van der Waals surface area contributed by atoms with Crippen molar-refractivity contribution in [3.05, 3.63) is 64.9 Å². The summed E-state index contributed by atoms with van der Waals surface area (Å²) >= 11 is 7.84. The minimum Gasteiger partial charge on any atom is -0.346 e. The van der Waals surface area contributed by atoms with Crippen molar-refractivity contribution in [1.29, 1.82) is 0 Å². The fourth-order valence-electron chi connectivity index (χ4n) is 3.40. The fourth-order valence-corrected chi connectivity index (χ4v) is 4.61. The zero-order chi connectivity index (χ0) is 19.5. The molecule has 2 atom stereocenters. The van der Waals surface area contributed by atoms with Crippen molar-refractivity contribution in [3.63, 3.8) is 0 Å². The molecule has 28 heavy (non-hydrogen) atoms. The van der Waals surface area contributed by atoms with Crippen LogP contribution in [0.2, 0.25) is 5.02 Å². The van der Waals surface area contributed by atoms with Gasteiger partial charge in [-0.2, -0.15) is 0 Å². The molecule has 1 aromatic carbocycles. The van der Waals surface area contributed by atoms with Gasteiger partial charge in [-0.05, 0) is 36.7 Å². The standard InChI is InChI=1S/C20H20ClN5OS/c21-16-6-2-1-4-12(16)14(7-8-22)19(27)26-20-25-17(11-28-20)15-10-24-18-13(15)5-3-9-23-18/h1-6,9-10,14,17H,7-8,11,22H2,(H,23,24)(H,25,26,27). The largest absolute Gasteiger partial charge is 0.346 e. The Morgan fingerprint density at radius 2 is 2.21 bits per heavy atom. The predicted octanol–water partition coefficient (Wildman–Crippen LogP) is 3.61. The van der Waals surface area contributed by atoms with E-state index in [2.05, 4.69) is 15.3 Å². The zero-order valence-corrected chi connectivity index (χ0v) is 16.6. The number of halogens is 1. The summed E-state index contributed by atoms with van der Waals surface area (Å²) in [6.45, 7) is 0.397. The number of fused-ring (bicyclic) bond motifs is 1. The maximum atomic E-state index is 12.9. The van der Waals surface area contributed by atoms with Gasteiger partial charge in [-0.3, -0.25) is 9.79 Å². The summed E-state index contributed by atoms with van der Waals surface area (Å²) in [4.78, 5) is 25.1. The van der Waals surface area contributed by atoms with Gasteiger partial charge >= 0.3 is 0 Å². The number of carbonyl (C=O) groups is 1. The molecule has 144 valence electrons. The fraction of sp³-hybridized carbons (Fsp3) is 0.250. The number of hydrogen-bond acceptors (Lipinski definition) is 5. The van der Waals surface area contributed by atoms with Crippen LogP contribution in [-0.4, -0.2) is 33.3 Å². The average molecular weight is 414 g/mol. The van der Waals surface area contributed by atoms with Crippen molar-refractivity contribution in [1.82, 2.24) is 15.3 Å². The number of aromatic amines is 1. The Bertz CT molecular complexity index is 1030. The van der Waals surface area contributed by atoms with Crippen molar-refractivity contribution in [2.75, 3.05) is 12.3 Å². The first-order valence-corrected chi connectivity index (χ1v) is 10.4. The van der Waals surface area contributed by atoms with E-state index in [0.29, 0.717) is 23.2 Å². The molecule has 8 heteroatoms. The van der Waals surface area contributed by atoms with E-state index in [1.54, 1.807) is 12.3 Å². The smallest absolute Gasteiger partial charge is 0.233 e. The summed E-state index contributed by atoms with van der Waals surface area (Å²) < 4.78 is 0. The van der Waals surface area contributed by atoms with Gasteiger partial charge in [0.2, 0.25) is 5.91 Å². The number of nitrogens with two attached hydrogens (primary N) is 1. The third-order valence-electron chi connectivity index (χ3n) is 4.78. The van der Waals surface area contributed by atoms with Crippen LogP contribution in [0, 0.1) is 0 Å². The van der Waals surface area contributed by atoms with E-state index < -0.39 is 5.92 Å². The molecule has 0 saturated carbocycles. The van der Waals surface area contributed by atoms with Gasteiger partial charge in [-0.25, -0.2) is 4.98 Å². The highest BCUT2D eigenvalue weighted by Gasteiger charge is 2.27. The molecule has 2 unspecified atom stereocenters. The predicted molar refractivity (Wildman–Crippen MR) is 115 cm³/mol. The Labute approximate surface area is 172 Å². The molecule has 4 N–H and O–H groups in total. The summed E-state index contributed by atoms with van der Waals surface area (Å²) in [6, 6.07) is 11.3. The molecule has 2 aromatic heterocycles. The second-order valence-corrected chi connectivity index (χ2v) is 7.96. The number of nitrogens with zero attached hydrogens (tertiary/aromatic N) is 2. The number of amides is 1. The van der Waals surface area contributed by atoms with Crippen LogP contribution in [0.5, 0.6) is 0 Å². The molecule has 0 radical (unpaired) electrons. The highest BCUT2D eigenvalue weighted by atomic mass is 35.5. The van der Waals surface area contributed by atoms with E-state index in [0.717, 1.165) is 27.9 Å². The highest BCUT2D eigenvalue weighted by molar-refractivity contribution is 8.14. The number of pyridine rings is 1. The number of benzene rings is 1. The summed E-state index contributed by atoms with van der Waals surface area (Å²) in [5, 5.41) is 5.22. The Morgan fingerprint density at radius 3 is 3.04 bits per heavy atom. The van der Waals surface area contributed by atoms with Crippen molar-refractivity contribution in [2.24, 2.45) is 10.7 Å². The Kier molecular flexibility index (Phi) is 5.66. The number of H-pyrrole nitrogens is 1. The summed E-state index contributed by atoms with van der Waals surface area (Å²) in [6.07, 6.45) is 4.22. The van der Waals surface area contributed by atoms with Crippen LogP contribution in [0.3, 0.4) is 0 Å². The molecule has 3 aromatic rings. The Morgan fingerprint density at radius 1 is 1.36 bits per heavy atom. The Balaban J connectivity index is 1.52. The van der Waals surface area contributed by atoms with Gasteiger partial charge < -0.3 is 16.0 Å². The lowest BCUT2D eigenvalue weighted by molar-refractivity contribution is -0.121. The number of rotatable bonds is 5. The first-order chi connectivity index (χ1) is 13.7. The van der Waals surface area contributed by atoms with E-state index in [9.17, 15) is 4.79 Å². The maximum absolute atomic E-state index is 12.9. The lowest BCUT2D eigenvalue weighted by Gasteiger charge is -2.17. The quantitative estimate of drug-likeness (QED) is 0.595. The van der Waals surface area contributed by atoms with Crippen LogP contribution < -0.4 is 11.1 Å². The third kappa shape index (κ3) is 3.78. The molecule has 0 fully saturated rings. The molecule has 3 heterocycles. The lowest BCUT2D eigenvalue weighted by Crippen LogP contribution is -2.33. The number of hydrogen-bond donors (Lipinski definition) is 3. The molecule has 0 bridgehead atoms. The lowest BCUT2D eigenvalue weighted by atomic mass is 9.95. The second kappa shape index (κ2) is 8.34. The zero-order valence-electron chi connectivity index (χ0n) is 15.1. The van der Waals surface area contributed by atoms with Crippen molar-refractivity contribution >= 4 is 45.5 Å². The van der Waals surface area contributed by atoms with Gasteiger partial charge in [0.25, 0.3) is 0 Å². The van der Waals surface area contributed by atoms with Crippen LogP contribution in [0.1, 0.15) is 29.5 Å². The number of aliphatic imine (C=N–C) groups is 1. The van der Waals surface area contributed by atoms with E-state index in [1.807, 2.05) is 36.5 Å². The molecule has 0 saturated heterocycles. The molecule has 0 spiro atoms. The molecular formula is C20H20ClN5OS. The topological polar surface area (TPSA) is 96.2 Å². The van der Waals surface area contributed by atoms with Crippen molar-refractivity contribution < 1.29 is 4.79 Å². The van der Waals surface area contributed by atoms with Crippen LogP contribution in [0.4, 0.5) is 0 Å². The minimum absolute atomic E-state index is 0.0217. The molecule has 6 nitrogen and oxygen atoms in total. The van der Waals surface area contributed by atoms with Gasteiger partial charge in [-0.1, -0.05) is 41.6 Å². The minimum atomic E-state index is -0.404. The first-order valence-electron chi connectivity index (χ1n) is 9.05. The van der Waals surface area contributed by atoms with Crippen LogP contribution in [-0.2, 0) is 4.79 Å². The second-order valence-electron chi connectivity index (χ2n) is 6.55. The number of nitrogens with one attached hydrogen (secondary N) is 2. The average Bonchev–Trinajstić information content (AvgIpc) is 3.33. The van der Waals surface area contributed by atoms with Gasteiger partial charge in [0.05, 0.1) is 12.0 Å². The van der Waals surface area contributed by atoms with Gasteiger partial charge in [0.1, 0.15) is 5.65 Å². The number of aromatic nitrogens is 2. The Hall–Kier alpha value is -2.35. The summed E-state index contributed by atoms with van der Waals surface area (Å²) in [7, 11) is 0. The summed E-state index contributed by atoms with van der Waals surface area (Å²) in [5.41, 5.74) is 8.45. The highest BCUT2D eigenvalue weighted by Crippen LogP contribution is 2.34. The molecule has 0 aliphatic carbocycles. The SMILES string of the molecule is NCCC(C(=O)NC1=NC(c2c[nH]c3ncccc23)CS1)c1ccccc1Cl. The third-order valence-corrected chi connectivity index (χ3v) is 6.08. The molecular weight excluding hydrogens is 394 g/mol. The normalized spacial score (nSPS) is 17.5. The van der Waals surface area contributed by atoms with Crippen LogP contribution in [0.25, 0.3) is 11.0 Å². The van der Waals surface area contributed by atoms with Crippen molar-refractivity contribution in [2.45, 2.75) is 18.4 Å². The van der Waals surface area contributed by atoms with Gasteiger partial charge in [-0.15, -0.1) is 0 Å². The monoisotopic (exact) mass is 413 g/mol. The summed E-state index contributed by atoms with van der Waals surface area (Å²) in [5.74, 6) is 0.231. The van der Waals surface area contributed by atoms with E-state index in [-0.39, 0.29) is 11.9 Å². The number of thioether (sulfide) groups is 1. The maximum Gasteiger partial charge on any atom is 0.233 e. The van der Waals surface area contributed by atoms with Crippen LogP contribution in [0.15, 0.2) is 53.8 Å². The molecule has 1 aliphatic rings. The van der Waals surface area contributed by atoms with Crippen LogP contribution >= 0.6 is 23.4 Å². The number of carbonyl (C=O) groups excluding carboxylic acids is 1. The van der Waals surface area contributed by atoms with Gasteiger partial charge in [0, 0.05) is 34.1 Å².